The topological polar surface area (TPSA) is 50.4 Å². The number of pyridine rings is 2. The van der Waals surface area contributed by atoms with E-state index in [1.807, 2.05) is 6.20 Å². The number of aromatic hydroxyl groups is 1. The molecule has 4 aromatic carbocycles. The molecule has 0 saturated heterocycles. The molecular formula is C45H45N3O. The smallest absolute Gasteiger partial charge is 0.145 e. The van der Waals surface area contributed by atoms with Crippen LogP contribution >= 0.6 is 0 Å². The van der Waals surface area contributed by atoms with Crippen molar-refractivity contribution in [2.75, 3.05) is 0 Å². The molecular weight excluding hydrogens is 599 g/mol. The monoisotopic (exact) mass is 643 g/mol. The van der Waals surface area contributed by atoms with Gasteiger partial charge in [0.25, 0.3) is 0 Å². The van der Waals surface area contributed by atoms with Crippen LogP contribution in [-0.4, -0.2) is 19.5 Å². The number of aryl methyl sites for hydroxylation is 3. The lowest BCUT2D eigenvalue weighted by molar-refractivity contribution is 0.446. The maximum absolute atomic E-state index is 11.9. The Morgan fingerprint density at radius 1 is 0.633 bits per heavy atom. The van der Waals surface area contributed by atoms with Crippen LogP contribution < -0.4 is 0 Å². The molecule has 7 aromatic rings. The molecule has 0 fully saturated rings. The summed E-state index contributed by atoms with van der Waals surface area (Å²) in [4.78, 5) is 10.2. The Labute approximate surface area is 290 Å². The summed E-state index contributed by atoms with van der Waals surface area (Å²) in [6, 6.07) is 32.4. The molecule has 0 unspecified atom stereocenters. The molecule has 0 aliphatic carbocycles. The zero-order valence-corrected chi connectivity index (χ0v) is 30.1. The maximum atomic E-state index is 11.9. The average molecular weight is 644 g/mol. The summed E-state index contributed by atoms with van der Waals surface area (Å²) < 4.78 is 2.21. The molecule has 7 rings (SSSR count). The third kappa shape index (κ3) is 5.80. The molecule has 0 bridgehead atoms. The summed E-state index contributed by atoms with van der Waals surface area (Å²) in [5.41, 5.74) is 13.8. The van der Waals surface area contributed by atoms with Crippen molar-refractivity contribution < 1.29 is 5.11 Å². The fourth-order valence-corrected chi connectivity index (χ4v) is 7.02. The number of benzene rings is 4. The lowest BCUT2D eigenvalue weighted by atomic mass is 9.78. The van der Waals surface area contributed by atoms with Crippen LogP contribution in [0.1, 0.15) is 69.5 Å². The van der Waals surface area contributed by atoms with Crippen LogP contribution in [0.2, 0.25) is 0 Å². The van der Waals surface area contributed by atoms with Crippen LogP contribution in [0.3, 0.4) is 0 Å². The zero-order valence-electron chi connectivity index (χ0n) is 30.1. The molecule has 0 spiro atoms. The second kappa shape index (κ2) is 11.7. The highest BCUT2D eigenvalue weighted by molar-refractivity contribution is 5.98. The minimum Gasteiger partial charge on any atom is -0.507 e. The molecule has 49 heavy (non-hydrogen) atoms. The van der Waals surface area contributed by atoms with Gasteiger partial charge in [-0.15, -0.1) is 0 Å². The second-order valence-electron chi connectivity index (χ2n) is 15.6. The molecule has 3 heterocycles. The van der Waals surface area contributed by atoms with Crippen molar-refractivity contribution in [2.45, 2.75) is 73.1 Å². The molecule has 0 atom stereocenters. The van der Waals surface area contributed by atoms with E-state index in [-0.39, 0.29) is 10.8 Å². The number of fused-ring (bicyclic) bond motifs is 2. The fourth-order valence-electron chi connectivity index (χ4n) is 7.02. The first-order valence-electron chi connectivity index (χ1n) is 17.1. The van der Waals surface area contributed by atoms with Crippen molar-refractivity contribution in [1.82, 2.24) is 14.4 Å². The van der Waals surface area contributed by atoms with Crippen LogP contribution in [0.25, 0.3) is 61.2 Å². The van der Waals surface area contributed by atoms with E-state index in [1.165, 1.54) is 16.3 Å². The van der Waals surface area contributed by atoms with E-state index < -0.39 is 0 Å². The first kappa shape index (κ1) is 32.3. The van der Waals surface area contributed by atoms with Crippen LogP contribution in [0.5, 0.6) is 5.75 Å². The Morgan fingerprint density at radius 2 is 1.35 bits per heavy atom. The lowest BCUT2D eigenvalue weighted by Gasteiger charge is -2.27. The lowest BCUT2D eigenvalue weighted by Crippen LogP contribution is -2.17. The van der Waals surface area contributed by atoms with Gasteiger partial charge in [0.1, 0.15) is 11.4 Å². The Hall–Kier alpha value is -5.22. The predicted molar refractivity (Wildman–Crippen MR) is 206 cm³/mol. The van der Waals surface area contributed by atoms with E-state index in [1.54, 1.807) is 0 Å². The molecule has 3 aromatic heterocycles. The number of imidazole rings is 1. The minimum absolute atomic E-state index is 0.106. The van der Waals surface area contributed by atoms with Gasteiger partial charge in [-0.2, -0.15) is 0 Å². The molecule has 0 saturated carbocycles. The SMILES string of the molecule is Cc1cnc(-c2cccc(-c3cc(-c4cccc5ccccc45)cn4c(C)c(-c5cc(C(C)(C)C)cc(C(C)(C)C)c5O)nc34)c2)c(C)c1. The maximum Gasteiger partial charge on any atom is 0.145 e. The highest BCUT2D eigenvalue weighted by atomic mass is 16.3. The Bertz CT molecular complexity index is 2390. The van der Waals surface area contributed by atoms with E-state index in [0.29, 0.717) is 5.75 Å². The van der Waals surface area contributed by atoms with Crippen LogP contribution in [0.4, 0.5) is 0 Å². The molecule has 0 aliphatic heterocycles. The van der Waals surface area contributed by atoms with Crippen molar-refractivity contribution in [1.29, 1.82) is 0 Å². The first-order chi connectivity index (χ1) is 23.2. The number of phenolic OH excluding ortho intramolecular Hbond substituents is 1. The highest BCUT2D eigenvalue weighted by Gasteiger charge is 2.28. The molecule has 0 amide bonds. The van der Waals surface area contributed by atoms with Crippen molar-refractivity contribution in [3.63, 3.8) is 0 Å². The fraction of sp³-hybridized carbons (Fsp3) is 0.244. The summed E-state index contributed by atoms with van der Waals surface area (Å²) in [7, 11) is 0. The van der Waals surface area contributed by atoms with Crippen molar-refractivity contribution in [3.8, 4) is 50.5 Å². The van der Waals surface area contributed by atoms with Gasteiger partial charge in [0.2, 0.25) is 0 Å². The third-order valence-electron chi connectivity index (χ3n) is 9.76. The van der Waals surface area contributed by atoms with Gasteiger partial charge in [-0.25, -0.2) is 4.98 Å². The Morgan fingerprint density at radius 3 is 2.08 bits per heavy atom. The number of nitrogens with zero attached hydrogens (tertiary/aromatic N) is 3. The molecule has 246 valence electrons. The summed E-state index contributed by atoms with van der Waals surface area (Å²) >= 11 is 0. The van der Waals surface area contributed by atoms with Gasteiger partial charge in [-0.05, 0) is 94.0 Å². The van der Waals surface area contributed by atoms with Gasteiger partial charge in [0.05, 0.1) is 11.4 Å². The summed E-state index contributed by atoms with van der Waals surface area (Å²) in [6.45, 7) is 19.4. The van der Waals surface area contributed by atoms with Gasteiger partial charge in [-0.1, -0.05) is 114 Å². The standard InChI is InChI=1S/C45H45N3O/c1-27-20-28(2)40(46-25-27)32-17-12-16-31(21-32)37-22-33(36-19-13-15-30-14-10-11-18-35(30)36)26-48-29(3)41(47-43(37)48)38-23-34(44(4,5)6)24-39(42(38)49)45(7,8)9/h10-26,49H,1-9H3. The summed E-state index contributed by atoms with van der Waals surface area (Å²) in [5, 5.41) is 14.3. The molecule has 4 nitrogen and oxygen atoms in total. The average Bonchev–Trinajstić information content (AvgIpc) is 3.38. The van der Waals surface area contributed by atoms with Gasteiger partial charge < -0.3 is 9.51 Å². The van der Waals surface area contributed by atoms with Gasteiger partial charge in [0, 0.05) is 40.3 Å². The molecule has 0 aliphatic rings. The zero-order chi connectivity index (χ0) is 34.8. The summed E-state index contributed by atoms with van der Waals surface area (Å²) in [5.74, 6) is 0.297. The predicted octanol–water partition coefficient (Wildman–Crippen LogP) is 11.8. The third-order valence-corrected chi connectivity index (χ3v) is 9.76. The van der Waals surface area contributed by atoms with Crippen molar-refractivity contribution >= 4 is 16.4 Å². The van der Waals surface area contributed by atoms with Gasteiger partial charge in [-0.3, -0.25) is 4.98 Å². The molecule has 0 radical (unpaired) electrons. The van der Waals surface area contributed by atoms with E-state index in [2.05, 4.69) is 164 Å². The highest BCUT2D eigenvalue weighted by Crippen LogP contribution is 2.44. The van der Waals surface area contributed by atoms with Crippen LogP contribution in [-0.2, 0) is 10.8 Å². The largest absolute Gasteiger partial charge is 0.507 e. The Balaban J connectivity index is 1.54. The molecule has 4 heteroatoms. The van der Waals surface area contributed by atoms with Crippen molar-refractivity contribution in [2.24, 2.45) is 0 Å². The van der Waals surface area contributed by atoms with E-state index in [9.17, 15) is 5.11 Å². The Kier molecular flexibility index (Phi) is 7.74. The number of hydrogen-bond acceptors (Lipinski definition) is 3. The van der Waals surface area contributed by atoms with Crippen molar-refractivity contribution in [3.05, 3.63) is 131 Å². The first-order valence-corrected chi connectivity index (χ1v) is 17.1. The number of aromatic nitrogens is 3. The number of hydrogen-bond donors (Lipinski definition) is 1. The minimum atomic E-state index is -0.248. The molecule has 1 N–H and O–H groups in total. The quantitative estimate of drug-likeness (QED) is 0.208. The van der Waals surface area contributed by atoms with E-state index in [0.717, 1.165) is 72.8 Å². The normalized spacial score (nSPS) is 12.3. The summed E-state index contributed by atoms with van der Waals surface area (Å²) in [6.07, 6.45) is 4.14. The number of phenols is 1. The second-order valence-corrected chi connectivity index (χ2v) is 15.6. The van der Waals surface area contributed by atoms with E-state index >= 15 is 0 Å². The van der Waals surface area contributed by atoms with Crippen LogP contribution in [0.15, 0.2) is 103 Å². The van der Waals surface area contributed by atoms with Gasteiger partial charge in [0.15, 0.2) is 0 Å². The van der Waals surface area contributed by atoms with E-state index in [4.69, 9.17) is 9.97 Å². The number of rotatable bonds is 4. The van der Waals surface area contributed by atoms with Crippen LogP contribution in [0, 0.1) is 20.8 Å². The van der Waals surface area contributed by atoms with Gasteiger partial charge >= 0.3 is 0 Å².